The Morgan fingerprint density at radius 1 is 1.20 bits per heavy atom. The zero-order valence-corrected chi connectivity index (χ0v) is 16.1. The maximum Gasteiger partial charge on any atom is 0.412 e. The summed E-state index contributed by atoms with van der Waals surface area (Å²) in [5.41, 5.74) is 1.15. The molecular formula is C18H20ClNO4S. The molecule has 0 fully saturated rings. The van der Waals surface area contributed by atoms with Gasteiger partial charge in [-0.05, 0) is 45.4 Å². The van der Waals surface area contributed by atoms with E-state index >= 15 is 0 Å². The van der Waals surface area contributed by atoms with Crippen LogP contribution in [0.25, 0.3) is 11.1 Å². The number of esters is 1. The van der Waals surface area contributed by atoms with Gasteiger partial charge in [-0.3, -0.25) is 5.32 Å². The zero-order valence-electron chi connectivity index (χ0n) is 14.5. The van der Waals surface area contributed by atoms with Crippen molar-refractivity contribution in [2.24, 2.45) is 0 Å². The molecule has 0 radical (unpaired) electrons. The van der Waals surface area contributed by atoms with Crippen molar-refractivity contribution in [1.29, 1.82) is 0 Å². The zero-order chi connectivity index (χ0) is 18.6. The van der Waals surface area contributed by atoms with E-state index < -0.39 is 17.7 Å². The van der Waals surface area contributed by atoms with Crippen molar-refractivity contribution in [1.82, 2.24) is 0 Å². The summed E-state index contributed by atoms with van der Waals surface area (Å²) in [4.78, 5) is 24.5. The van der Waals surface area contributed by atoms with Gasteiger partial charge in [0.05, 0.1) is 6.61 Å². The van der Waals surface area contributed by atoms with Gasteiger partial charge in [-0.2, -0.15) is 0 Å². The van der Waals surface area contributed by atoms with Crippen LogP contribution in [-0.4, -0.2) is 24.3 Å². The normalized spacial score (nSPS) is 11.1. The summed E-state index contributed by atoms with van der Waals surface area (Å²) in [6.07, 6.45) is -0.623. The van der Waals surface area contributed by atoms with Gasteiger partial charge in [0.2, 0.25) is 0 Å². The Bertz CT molecular complexity index is 762. The number of nitrogens with one attached hydrogen (secondary N) is 1. The lowest BCUT2D eigenvalue weighted by atomic mass is 10.0. The molecule has 25 heavy (non-hydrogen) atoms. The molecule has 1 aromatic heterocycles. The van der Waals surface area contributed by atoms with Gasteiger partial charge in [0.25, 0.3) is 0 Å². The Morgan fingerprint density at radius 3 is 2.40 bits per heavy atom. The minimum Gasteiger partial charge on any atom is -0.462 e. The summed E-state index contributed by atoms with van der Waals surface area (Å²) in [5, 5.41) is 5.42. The van der Waals surface area contributed by atoms with Crippen LogP contribution >= 0.6 is 22.9 Å². The van der Waals surface area contributed by atoms with Crippen LogP contribution in [0.5, 0.6) is 0 Å². The van der Waals surface area contributed by atoms with Crippen LogP contribution in [0.15, 0.2) is 29.6 Å². The quantitative estimate of drug-likeness (QED) is 0.701. The maximum absolute atomic E-state index is 12.4. The van der Waals surface area contributed by atoms with Crippen LogP contribution in [0.1, 0.15) is 38.1 Å². The number of benzene rings is 1. The number of hydrogen-bond donors (Lipinski definition) is 1. The lowest BCUT2D eigenvalue weighted by Gasteiger charge is -2.19. The Hall–Kier alpha value is -2.05. The summed E-state index contributed by atoms with van der Waals surface area (Å²) in [6, 6.07) is 7.10. The van der Waals surface area contributed by atoms with Crippen molar-refractivity contribution in [3.63, 3.8) is 0 Å². The summed E-state index contributed by atoms with van der Waals surface area (Å²) in [6.45, 7) is 7.28. The fraction of sp³-hybridized carbons (Fsp3) is 0.333. The number of rotatable bonds is 4. The third kappa shape index (κ3) is 5.21. The van der Waals surface area contributed by atoms with E-state index in [-0.39, 0.29) is 6.61 Å². The van der Waals surface area contributed by atoms with E-state index in [0.29, 0.717) is 21.2 Å². The average molecular weight is 382 g/mol. The van der Waals surface area contributed by atoms with Gasteiger partial charge in [0.1, 0.15) is 16.2 Å². The standard InChI is InChI=1S/C18H20ClNO4S/c1-5-23-16(21)14-13(11-6-8-12(19)9-7-11)10-25-15(14)20-17(22)24-18(2,3)4/h6-10H,5H2,1-4H3,(H,20,22). The molecule has 2 rings (SSSR count). The van der Waals surface area contributed by atoms with E-state index in [9.17, 15) is 9.59 Å². The highest BCUT2D eigenvalue weighted by Crippen LogP contribution is 2.36. The fourth-order valence-electron chi connectivity index (χ4n) is 2.09. The molecule has 134 valence electrons. The number of anilines is 1. The van der Waals surface area contributed by atoms with Gasteiger partial charge in [-0.1, -0.05) is 23.7 Å². The van der Waals surface area contributed by atoms with Gasteiger partial charge in [0, 0.05) is 16.0 Å². The second-order valence-electron chi connectivity index (χ2n) is 6.21. The predicted molar refractivity (Wildman–Crippen MR) is 101 cm³/mol. The van der Waals surface area contributed by atoms with Crippen molar-refractivity contribution in [3.05, 3.63) is 40.2 Å². The van der Waals surface area contributed by atoms with E-state index in [1.807, 2.05) is 12.1 Å². The van der Waals surface area contributed by atoms with E-state index in [0.717, 1.165) is 5.56 Å². The highest BCUT2D eigenvalue weighted by Gasteiger charge is 2.24. The fourth-order valence-corrected chi connectivity index (χ4v) is 3.16. The van der Waals surface area contributed by atoms with Crippen molar-refractivity contribution in [3.8, 4) is 11.1 Å². The molecule has 0 saturated heterocycles. The van der Waals surface area contributed by atoms with Crippen molar-refractivity contribution in [2.45, 2.75) is 33.3 Å². The van der Waals surface area contributed by atoms with Crippen molar-refractivity contribution >= 4 is 40.0 Å². The number of amides is 1. The molecule has 0 spiro atoms. The first-order valence-electron chi connectivity index (χ1n) is 7.76. The Kier molecular flexibility index (Phi) is 6.08. The van der Waals surface area contributed by atoms with E-state index in [1.165, 1.54) is 11.3 Å². The maximum atomic E-state index is 12.4. The number of carbonyl (C=O) groups is 2. The SMILES string of the molecule is CCOC(=O)c1c(-c2ccc(Cl)cc2)csc1NC(=O)OC(C)(C)C. The monoisotopic (exact) mass is 381 g/mol. The first-order chi connectivity index (χ1) is 11.7. The van der Waals surface area contributed by atoms with E-state index in [1.54, 1.807) is 45.2 Å². The minimum atomic E-state index is -0.634. The molecule has 1 N–H and O–H groups in total. The van der Waals surface area contributed by atoms with Crippen LogP contribution in [-0.2, 0) is 9.47 Å². The molecule has 2 aromatic rings. The van der Waals surface area contributed by atoms with Crippen LogP contribution in [0, 0.1) is 0 Å². The number of carbonyl (C=O) groups excluding carboxylic acids is 2. The second-order valence-corrected chi connectivity index (χ2v) is 7.52. The summed E-state index contributed by atoms with van der Waals surface area (Å²) in [7, 11) is 0. The summed E-state index contributed by atoms with van der Waals surface area (Å²) in [5.74, 6) is -0.500. The number of halogens is 1. The molecule has 1 amide bonds. The van der Waals surface area contributed by atoms with Gasteiger partial charge in [-0.25, -0.2) is 9.59 Å². The Balaban J connectivity index is 2.38. The average Bonchev–Trinajstić information content (AvgIpc) is 2.89. The van der Waals surface area contributed by atoms with Gasteiger partial charge in [-0.15, -0.1) is 11.3 Å². The molecular weight excluding hydrogens is 362 g/mol. The lowest BCUT2D eigenvalue weighted by molar-refractivity contribution is 0.0529. The van der Waals surface area contributed by atoms with Gasteiger partial charge >= 0.3 is 12.1 Å². The first kappa shape index (κ1) is 19.3. The molecule has 0 unspecified atom stereocenters. The number of hydrogen-bond acceptors (Lipinski definition) is 5. The Labute approximate surface area is 155 Å². The van der Waals surface area contributed by atoms with Gasteiger partial charge in [0.15, 0.2) is 0 Å². The topological polar surface area (TPSA) is 64.6 Å². The van der Waals surface area contributed by atoms with Crippen LogP contribution < -0.4 is 5.32 Å². The van der Waals surface area contributed by atoms with E-state index in [2.05, 4.69) is 5.32 Å². The summed E-state index contributed by atoms with van der Waals surface area (Å²) >= 11 is 7.16. The van der Waals surface area contributed by atoms with Crippen molar-refractivity contribution < 1.29 is 19.1 Å². The molecule has 0 atom stereocenters. The van der Waals surface area contributed by atoms with E-state index in [4.69, 9.17) is 21.1 Å². The predicted octanol–water partition coefficient (Wildman–Crippen LogP) is 5.59. The second kappa shape index (κ2) is 7.89. The smallest absolute Gasteiger partial charge is 0.412 e. The molecule has 7 heteroatoms. The molecule has 1 aromatic carbocycles. The summed E-state index contributed by atoms with van der Waals surface area (Å²) < 4.78 is 10.4. The van der Waals surface area contributed by atoms with Crippen molar-refractivity contribution in [2.75, 3.05) is 11.9 Å². The first-order valence-corrected chi connectivity index (χ1v) is 9.01. The van der Waals surface area contributed by atoms with Crippen LogP contribution in [0.2, 0.25) is 5.02 Å². The third-order valence-electron chi connectivity index (χ3n) is 3.04. The molecule has 0 saturated carbocycles. The highest BCUT2D eigenvalue weighted by molar-refractivity contribution is 7.15. The number of ether oxygens (including phenoxy) is 2. The van der Waals surface area contributed by atoms with Gasteiger partial charge < -0.3 is 9.47 Å². The molecule has 5 nitrogen and oxygen atoms in total. The third-order valence-corrected chi connectivity index (χ3v) is 4.19. The molecule has 0 bridgehead atoms. The highest BCUT2D eigenvalue weighted by atomic mass is 35.5. The molecule has 1 heterocycles. The van der Waals surface area contributed by atoms with Crippen LogP contribution in [0.3, 0.4) is 0 Å². The molecule has 0 aliphatic carbocycles. The molecule has 0 aliphatic heterocycles. The number of thiophene rings is 1. The lowest BCUT2D eigenvalue weighted by Crippen LogP contribution is -2.27. The molecule has 0 aliphatic rings. The largest absolute Gasteiger partial charge is 0.462 e. The van der Waals surface area contributed by atoms with Crippen LogP contribution in [0.4, 0.5) is 9.80 Å². The Morgan fingerprint density at radius 2 is 1.84 bits per heavy atom. The minimum absolute atomic E-state index is 0.237.